The molecule has 1 aromatic carbocycles. The molecule has 1 aromatic heterocycles. The number of fused-ring (bicyclic) bond motifs is 2. The van der Waals surface area contributed by atoms with Gasteiger partial charge < -0.3 is 5.32 Å². The van der Waals surface area contributed by atoms with Crippen molar-refractivity contribution < 1.29 is 0 Å². The minimum atomic E-state index is 0.718. The molecular formula is C12H9ClN2S2. The van der Waals surface area contributed by atoms with E-state index in [1.165, 1.54) is 0 Å². The van der Waals surface area contributed by atoms with Crippen molar-refractivity contribution in [1.29, 1.82) is 0 Å². The van der Waals surface area contributed by atoms with Gasteiger partial charge in [0, 0.05) is 21.3 Å². The van der Waals surface area contributed by atoms with Gasteiger partial charge in [0.05, 0.1) is 17.1 Å². The van der Waals surface area contributed by atoms with E-state index in [1.807, 2.05) is 24.5 Å². The number of anilines is 2. The van der Waals surface area contributed by atoms with Crippen LogP contribution in [0.3, 0.4) is 0 Å². The van der Waals surface area contributed by atoms with E-state index >= 15 is 0 Å². The summed E-state index contributed by atoms with van der Waals surface area (Å²) in [7, 11) is 0. The Morgan fingerprint density at radius 3 is 3.00 bits per heavy atom. The summed E-state index contributed by atoms with van der Waals surface area (Å²) in [6.45, 7) is 0. The maximum absolute atomic E-state index is 6.01. The standard InChI is InChI=1S/C12H9ClN2S2/c1-16-12-8-5-17-6-11(8)14-10-4-7(13)2-3-9(10)15-12/h2-6,14H,1H3. The van der Waals surface area contributed by atoms with Gasteiger partial charge in [0.1, 0.15) is 5.04 Å². The van der Waals surface area contributed by atoms with Crippen LogP contribution in [0, 0.1) is 0 Å². The van der Waals surface area contributed by atoms with Gasteiger partial charge in [-0.05, 0) is 24.5 Å². The van der Waals surface area contributed by atoms with Crippen molar-refractivity contribution in [2.75, 3.05) is 11.6 Å². The molecule has 0 saturated heterocycles. The van der Waals surface area contributed by atoms with E-state index < -0.39 is 0 Å². The van der Waals surface area contributed by atoms with Gasteiger partial charge in [0.15, 0.2) is 0 Å². The zero-order valence-electron chi connectivity index (χ0n) is 9.03. The number of rotatable bonds is 0. The van der Waals surface area contributed by atoms with Crippen LogP contribution in [0.1, 0.15) is 5.56 Å². The number of nitrogens with one attached hydrogen (secondary N) is 1. The van der Waals surface area contributed by atoms with E-state index in [9.17, 15) is 0 Å². The molecule has 0 unspecified atom stereocenters. The SMILES string of the molecule is CSC1=Nc2ccc(Cl)cc2Nc2cscc21. The van der Waals surface area contributed by atoms with Crippen LogP contribution in [0.5, 0.6) is 0 Å². The zero-order chi connectivity index (χ0) is 11.8. The summed E-state index contributed by atoms with van der Waals surface area (Å²) in [6, 6.07) is 5.71. The maximum Gasteiger partial charge on any atom is 0.107 e. The van der Waals surface area contributed by atoms with Gasteiger partial charge in [-0.1, -0.05) is 11.6 Å². The first-order valence-electron chi connectivity index (χ1n) is 5.04. The van der Waals surface area contributed by atoms with Crippen molar-refractivity contribution in [3.8, 4) is 0 Å². The summed E-state index contributed by atoms with van der Waals surface area (Å²) in [5, 5.41) is 9.35. The van der Waals surface area contributed by atoms with Gasteiger partial charge >= 0.3 is 0 Å². The smallest absolute Gasteiger partial charge is 0.107 e. The second kappa shape index (κ2) is 4.37. The van der Waals surface area contributed by atoms with Crippen LogP contribution >= 0.6 is 34.7 Å². The molecule has 0 spiro atoms. The molecule has 2 nitrogen and oxygen atoms in total. The number of halogens is 1. The molecule has 2 heterocycles. The highest BCUT2D eigenvalue weighted by molar-refractivity contribution is 8.13. The van der Waals surface area contributed by atoms with E-state index in [4.69, 9.17) is 11.6 Å². The fourth-order valence-electron chi connectivity index (χ4n) is 1.74. The predicted octanol–water partition coefficient (Wildman–Crippen LogP) is 4.90. The predicted molar refractivity (Wildman–Crippen MR) is 78.8 cm³/mol. The third kappa shape index (κ3) is 1.97. The molecule has 0 saturated carbocycles. The summed E-state index contributed by atoms with van der Waals surface area (Å²) >= 11 is 9.34. The van der Waals surface area contributed by atoms with E-state index in [0.29, 0.717) is 0 Å². The minimum Gasteiger partial charge on any atom is -0.352 e. The lowest BCUT2D eigenvalue weighted by Gasteiger charge is -2.06. The molecule has 0 aliphatic carbocycles. The fourth-order valence-corrected chi connectivity index (χ4v) is 3.33. The van der Waals surface area contributed by atoms with E-state index in [0.717, 1.165) is 32.7 Å². The Labute approximate surface area is 113 Å². The Hall–Kier alpha value is -0.970. The summed E-state index contributed by atoms with van der Waals surface area (Å²) < 4.78 is 0. The lowest BCUT2D eigenvalue weighted by Crippen LogP contribution is -1.94. The van der Waals surface area contributed by atoms with Crippen LogP contribution in [0.15, 0.2) is 34.0 Å². The first-order chi connectivity index (χ1) is 8.28. The third-order valence-corrected chi connectivity index (χ3v) is 4.21. The molecule has 0 fully saturated rings. The third-order valence-electron chi connectivity index (χ3n) is 2.54. The molecule has 5 heteroatoms. The number of hydrogen-bond acceptors (Lipinski definition) is 4. The molecule has 2 aromatic rings. The van der Waals surface area contributed by atoms with Crippen LogP contribution in [0.2, 0.25) is 5.02 Å². The number of benzene rings is 1. The second-order valence-electron chi connectivity index (χ2n) is 3.61. The quantitative estimate of drug-likeness (QED) is 0.742. The van der Waals surface area contributed by atoms with Gasteiger partial charge in [-0.2, -0.15) is 0 Å². The van der Waals surface area contributed by atoms with Crippen LogP contribution in [0.4, 0.5) is 17.1 Å². The number of hydrogen-bond donors (Lipinski definition) is 1. The largest absolute Gasteiger partial charge is 0.352 e. The molecule has 1 N–H and O–H groups in total. The summed E-state index contributed by atoms with van der Waals surface area (Å²) in [5.41, 5.74) is 4.15. The van der Waals surface area contributed by atoms with Crippen molar-refractivity contribution >= 4 is 56.8 Å². The van der Waals surface area contributed by atoms with Crippen molar-refractivity contribution in [1.82, 2.24) is 0 Å². The Kier molecular flexibility index (Phi) is 2.86. The molecule has 1 aliphatic rings. The number of thioether (sulfide) groups is 1. The maximum atomic E-state index is 6.01. The Morgan fingerprint density at radius 1 is 1.29 bits per heavy atom. The molecule has 0 radical (unpaired) electrons. The molecule has 0 amide bonds. The second-order valence-corrected chi connectivity index (χ2v) is 5.58. The van der Waals surface area contributed by atoms with Crippen LogP contribution < -0.4 is 5.32 Å². The molecule has 86 valence electrons. The van der Waals surface area contributed by atoms with Gasteiger partial charge in [-0.15, -0.1) is 23.1 Å². The highest BCUT2D eigenvalue weighted by Crippen LogP contribution is 2.38. The summed E-state index contributed by atoms with van der Waals surface area (Å²) in [4.78, 5) is 4.68. The molecule has 0 bridgehead atoms. The van der Waals surface area contributed by atoms with Gasteiger partial charge in [-0.3, -0.25) is 0 Å². The Morgan fingerprint density at radius 2 is 2.18 bits per heavy atom. The molecular weight excluding hydrogens is 272 g/mol. The molecule has 17 heavy (non-hydrogen) atoms. The lowest BCUT2D eigenvalue weighted by atomic mass is 10.2. The summed E-state index contributed by atoms with van der Waals surface area (Å²) in [6.07, 6.45) is 2.04. The Balaban J connectivity index is 2.22. The Bertz CT molecular complexity index is 604. The van der Waals surface area contributed by atoms with Crippen LogP contribution in [-0.2, 0) is 0 Å². The topological polar surface area (TPSA) is 24.4 Å². The minimum absolute atomic E-state index is 0.718. The van der Waals surface area contributed by atoms with E-state index in [-0.39, 0.29) is 0 Å². The van der Waals surface area contributed by atoms with Crippen LogP contribution in [0.25, 0.3) is 0 Å². The highest BCUT2D eigenvalue weighted by Gasteiger charge is 2.16. The first-order valence-corrected chi connectivity index (χ1v) is 7.58. The van der Waals surface area contributed by atoms with Crippen molar-refractivity contribution in [3.63, 3.8) is 0 Å². The van der Waals surface area contributed by atoms with Crippen molar-refractivity contribution in [3.05, 3.63) is 39.5 Å². The highest BCUT2D eigenvalue weighted by atomic mass is 35.5. The molecule has 0 atom stereocenters. The zero-order valence-corrected chi connectivity index (χ0v) is 11.4. The average molecular weight is 281 g/mol. The van der Waals surface area contributed by atoms with Crippen molar-refractivity contribution in [2.24, 2.45) is 4.99 Å². The van der Waals surface area contributed by atoms with E-state index in [1.54, 1.807) is 23.1 Å². The monoisotopic (exact) mass is 280 g/mol. The van der Waals surface area contributed by atoms with Gasteiger partial charge in [0.25, 0.3) is 0 Å². The summed E-state index contributed by atoms with van der Waals surface area (Å²) in [5.74, 6) is 0. The van der Waals surface area contributed by atoms with Gasteiger partial charge in [-0.25, -0.2) is 4.99 Å². The average Bonchev–Trinajstić information content (AvgIpc) is 2.71. The number of nitrogens with zero attached hydrogens (tertiary/aromatic N) is 1. The lowest BCUT2D eigenvalue weighted by molar-refractivity contribution is 1.52. The number of aliphatic imine (C=N–C) groups is 1. The first kappa shape index (κ1) is 11.1. The van der Waals surface area contributed by atoms with Crippen molar-refractivity contribution in [2.45, 2.75) is 0 Å². The fraction of sp³-hybridized carbons (Fsp3) is 0.0833. The normalized spacial score (nSPS) is 13.2. The van der Waals surface area contributed by atoms with E-state index in [2.05, 4.69) is 21.1 Å². The van der Waals surface area contributed by atoms with Gasteiger partial charge in [0.2, 0.25) is 0 Å². The van der Waals surface area contributed by atoms with Crippen LogP contribution in [-0.4, -0.2) is 11.3 Å². The molecule has 1 aliphatic heterocycles. The molecule has 3 rings (SSSR count). The number of thiophene rings is 1.